The number of ether oxygens (including phenoxy) is 3. The van der Waals surface area contributed by atoms with Gasteiger partial charge >= 0.3 is 5.97 Å². The molecule has 37 heavy (non-hydrogen) atoms. The quantitative estimate of drug-likeness (QED) is 0.198. The standard InChI is InChI=1S/C29H33N3O5/c1-4-10-23-17-22(19-26(35-5-2)28(23)37-21-27(33)36-6-3)18-24(20-30)29(34)32-15-13-31(14-16-32)25-11-8-7-9-12-25/h4,7-9,11-12,17-19H,1,5-6,10,13-16,21H2,2-3H3/b24-18-. The lowest BCUT2D eigenvalue weighted by Gasteiger charge is -2.36. The third-order valence-corrected chi connectivity index (χ3v) is 5.81. The highest BCUT2D eigenvalue weighted by atomic mass is 16.6. The van der Waals surface area contributed by atoms with E-state index in [-0.39, 0.29) is 24.7 Å². The lowest BCUT2D eigenvalue weighted by Crippen LogP contribution is -2.49. The second-order valence-electron chi connectivity index (χ2n) is 8.31. The van der Waals surface area contributed by atoms with Gasteiger partial charge in [0.05, 0.1) is 13.2 Å². The molecule has 0 radical (unpaired) electrons. The monoisotopic (exact) mass is 503 g/mol. The van der Waals surface area contributed by atoms with Crippen LogP contribution >= 0.6 is 0 Å². The summed E-state index contributed by atoms with van der Waals surface area (Å²) in [4.78, 5) is 29.0. The third kappa shape index (κ3) is 7.37. The van der Waals surface area contributed by atoms with Crippen LogP contribution in [-0.4, -0.2) is 62.8 Å². The van der Waals surface area contributed by atoms with E-state index in [4.69, 9.17) is 14.2 Å². The number of hydrogen-bond donors (Lipinski definition) is 0. The Labute approximate surface area is 218 Å². The molecule has 2 aromatic rings. The molecule has 0 atom stereocenters. The van der Waals surface area contributed by atoms with Crippen LogP contribution in [0.2, 0.25) is 0 Å². The Morgan fingerprint density at radius 2 is 1.78 bits per heavy atom. The molecule has 1 fully saturated rings. The number of para-hydroxylation sites is 1. The Bertz CT molecular complexity index is 1160. The first-order valence-electron chi connectivity index (χ1n) is 12.4. The van der Waals surface area contributed by atoms with Crippen LogP contribution in [0.1, 0.15) is 25.0 Å². The van der Waals surface area contributed by atoms with Crippen LogP contribution in [0.25, 0.3) is 6.08 Å². The first-order valence-corrected chi connectivity index (χ1v) is 12.4. The van der Waals surface area contributed by atoms with Gasteiger partial charge in [-0.2, -0.15) is 5.26 Å². The second-order valence-corrected chi connectivity index (χ2v) is 8.31. The summed E-state index contributed by atoms with van der Waals surface area (Å²) in [6.07, 6.45) is 3.71. The number of amides is 1. The summed E-state index contributed by atoms with van der Waals surface area (Å²) in [5, 5.41) is 9.81. The number of nitriles is 1. The molecule has 0 unspecified atom stereocenters. The van der Waals surface area contributed by atoms with Crippen LogP contribution in [0.5, 0.6) is 11.5 Å². The molecule has 0 saturated carbocycles. The van der Waals surface area contributed by atoms with Crippen molar-refractivity contribution >= 4 is 23.6 Å². The van der Waals surface area contributed by atoms with Crippen LogP contribution < -0.4 is 14.4 Å². The average molecular weight is 504 g/mol. The van der Waals surface area contributed by atoms with Gasteiger partial charge in [-0.15, -0.1) is 6.58 Å². The highest BCUT2D eigenvalue weighted by Crippen LogP contribution is 2.35. The molecule has 1 aliphatic heterocycles. The smallest absolute Gasteiger partial charge is 0.344 e. The number of piperazine rings is 1. The number of rotatable bonds is 11. The fourth-order valence-corrected chi connectivity index (χ4v) is 4.12. The van der Waals surface area contributed by atoms with Crippen LogP contribution in [0.15, 0.2) is 60.7 Å². The number of carbonyl (C=O) groups excluding carboxylic acids is 2. The van der Waals surface area contributed by atoms with Crippen molar-refractivity contribution in [3.8, 4) is 17.6 Å². The van der Waals surface area contributed by atoms with Crippen LogP contribution in [0.4, 0.5) is 5.69 Å². The third-order valence-electron chi connectivity index (χ3n) is 5.81. The number of benzene rings is 2. The van der Waals surface area contributed by atoms with Gasteiger partial charge in [0, 0.05) is 37.4 Å². The zero-order valence-corrected chi connectivity index (χ0v) is 21.4. The minimum Gasteiger partial charge on any atom is -0.490 e. The SMILES string of the molecule is C=CCc1cc(/C=C(/C#N)C(=O)N2CCN(c3ccccc3)CC2)cc(OCC)c1OCC(=O)OCC. The molecule has 1 saturated heterocycles. The fourth-order valence-electron chi connectivity index (χ4n) is 4.12. The molecule has 1 heterocycles. The zero-order chi connectivity index (χ0) is 26.6. The molecule has 2 aromatic carbocycles. The maximum absolute atomic E-state index is 13.2. The lowest BCUT2D eigenvalue weighted by molar-refractivity contribution is -0.145. The summed E-state index contributed by atoms with van der Waals surface area (Å²) in [6.45, 7) is 10.2. The fraction of sp³-hybridized carbons (Fsp3) is 0.345. The maximum atomic E-state index is 13.2. The summed E-state index contributed by atoms with van der Waals surface area (Å²) < 4.78 is 16.5. The van der Waals surface area contributed by atoms with Gasteiger partial charge in [0.15, 0.2) is 18.1 Å². The van der Waals surface area contributed by atoms with E-state index in [2.05, 4.69) is 29.7 Å². The predicted molar refractivity (Wildman–Crippen MR) is 142 cm³/mol. The van der Waals surface area contributed by atoms with Gasteiger partial charge in [-0.1, -0.05) is 24.3 Å². The summed E-state index contributed by atoms with van der Waals surface area (Å²) in [5.74, 6) is 0.0386. The first kappa shape index (κ1) is 27.3. The number of hydrogen-bond acceptors (Lipinski definition) is 7. The van der Waals surface area contributed by atoms with E-state index in [0.717, 1.165) is 11.3 Å². The normalized spacial score (nSPS) is 13.5. The van der Waals surface area contributed by atoms with Crippen molar-refractivity contribution in [3.05, 3.63) is 71.8 Å². The van der Waals surface area contributed by atoms with E-state index in [0.29, 0.717) is 56.3 Å². The topological polar surface area (TPSA) is 92.1 Å². The van der Waals surface area contributed by atoms with Crippen molar-refractivity contribution in [3.63, 3.8) is 0 Å². The van der Waals surface area contributed by atoms with Gasteiger partial charge in [-0.25, -0.2) is 4.79 Å². The van der Waals surface area contributed by atoms with E-state index in [1.807, 2.05) is 31.2 Å². The van der Waals surface area contributed by atoms with Gasteiger partial charge in [0.25, 0.3) is 5.91 Å². The van der Waals surface area contributed by atoms with E-state index < -0.39 is 5.97 Å². The van der Waals surface area contributed by atoms with Crippen LogP contribution in [-0.2, 0) is 20.7 Å². The van der Waals surface area contributed by atoms with Crippen molar-refractivity contribution < 1.29 is 23.8 Å². The average Bonchev–Trinajstić information content (AvgIpc) is 2.92. The Hall–Kier alpha value is -4.25. The molecule has 8 nitrogen and oxygen atoms in total. The summed E-state index contributed by atoms with van der Waals surface area (Å²) in [6, 6.07) is 15.6. The Morgan fingerprint density at radius 3 is 2.41 bits per heavy atom. The Balaban J connectivity index is 1.81. The molecule has 0 aromatic heterocycles. The maximum Gasteiger partial charge on any atom is 0.344 e. The molecule has 3 rings (SSSR count). The lowest BCUT2D eigenvalue weighted by atomic mass is 10.0. The van der Waals surface area contributed by atoms with Gasteiger partial charge < -0.3 is 24.0 Å². The number of esters is 1. The van der Waals surface area contributed by atoms with E-state index in [1.165, 1.54) is 0 Å². The molecule has 0 spiro atoms. The van der Waals surface area contributed by atoms with Gasteiger partial charge in [-0.3, -0.25) is 4.79 Å². The molecule has 8 heteroatoms. The molecular weight excluding hydrogens is 470 g/mol. The van der Waals surface area contributed by atoms with Crippen molar-refractivity contribution in [1.82, 2.24) is 4.90 Å². The van der Waals surface area contributed by atoms with Crippen LogP contribution in [0, 0.1) is 11.3 Å². The molecule has 0 aliphatic carbocycles. The van der Waals surface area contributed by atoms with E-state index in [1.54, 1.807) is 30.0 Å². The van der Waals surface area contributed by atoms with Crippen LogP contribution in [0.3, 0.4) is 0 Å². The van der Waals surface area contributed by atoms with Gasteiger partial charge in [0.1, 0.15) is 11.6 Å². The molecule has 0 N–H and O–H groups in total. The number of anilines is 1. The number of carbonyl (C=O) groups is 2. The molecule has 1 aliphatic rings. The number of allylic oxidation sites excluding steroid dienone is 1. The minimum atomic E-state index is -0.483. The Morgan fingerprint density at radius 1 is 1.05 bits per heavy atom. The van der Waals surface area contributed by atoms with Gasteiger partial charge in [0.2, 0.25) is 0 Å². The number of nitrogens with zero attached hydrogens (tertiary/aromatic N) is 3. The largest absolute Gasteiger partial charge is 0.490 e. The second kappa shape index (κ2) is 13.7. The van der Waals surface area contributed by atoms with Crippen molar-refractivity contribution in [2.75, 3.05) is 50.9 Å². The molecule has 1 amide bonds. The van der Waals surface area contributed by atoms with Crippen molar-refractivity contribution in [2.24, 2.45) is 0 Å². The molecule has 194 valence electrons. The summed E-state index contributed by atoms with van der Waals surface area (Å²) in [5.41, 5.74) is 2.50. The minimum absolute atomic E-state index is 0.0420. The predicted octanol–water partition coefficient (Wildman–Crippen LogP) is 4.01. The van der Waals surface area contributed by atoms with E-state index >= 15 is 0 Å². The first-order chi connectivity index (χ1) is 18.0. The summed E-state index contributed by atoms with van der Waals surface area (Å²) >= 11 is 0. The molecule has 0 bridgehead atoms. The highest BCUT2D eigenvalue weighted by molar-refractivity contribution is 6.02. The Kier molecular flexibility index (Phi) is 10.1. The van der Waals surface area contributed by atoms with Crippen molar-refractivity contribution in [1.29, 1.82) is 5.26 Å². The van der Waals surface area contributed by atoms with Gasteiger partial charge in [-0.05, 0) is 56.2 Å². The molecular formula is C29H33N3O5. The summed E-state index contributed by atoms with van der Waals surface area (Å²) in [7, 11) is 0. The van der Waals surface area contributed by atoms with E-state index in [9.17, 15) is 14.9 Å². The van der Waals surface area contributed by atoms with Crippen molar-refractivity contribution in [2.45, 2.75) is 20.3 Å². The zero-order valence-electron chi connectivity index (χ0n) is 21.4. The highest BCUT2D eigenvalue weighted by Gasteiger charge is 2.24.